The summed E-state index contributed by atoms with van der Waals surface area (Å²) in [4.78, 5) is 24.4. The highest BCUT2D eigenvalue weighted by atomic mass is 16.5. The van der Waals surface area contributed by atoms with Crippen LogP contribution in [0.4, 0.5) is 5.69 Å². The number of anilines is 1. The Bertz CT molecular complexity index is 950. The van der Waals surface area contributed by atoms with Crippen molar-refractivity contribution >= 4 is 22.5 Å². The Morgan fingerprint density at radius 1 is 1.33 bits per heavy atom. The lowest BCUT2D eigenvalue weighted by Gasteiger charge is -2.39. The summed E-state index contributed by atoms with van der Waals surface area (Å²) in [7, 11) is 0. The minimum atomic E-state index is 0.0574. The van der Waals surface area contributed by atoms with Gasteiger partial charge in [0, 0.05) is 57.3 Å². The van der Waals surface area contributed by atoms with E-state index < -0.39 is 0 Å². The van der Waals surface area contributed by atoms with Crippen molar-refractivity contribution in [1.29, 1.82) is 5.26 Å². The normalized spacial score (nSPS) is 22.8. The van der Waals surface area contributed by atoms with E-state index in [1.165, 1.54) is 0 Å². The molecule has 0 bridgehead atoms. The van der Waals surface area contributed by atoms with E-state index >= 15 is 0 Å². The maximum Gasteiger partial charge on any atom is 0.219 e. The van der Waals surface area contributed by atoms with Gasteiger partial charge < -0.3 is 19.9 Å². The molecule has 2 aliphatic rings. The molecule has 4 rings (SSSR count). The Morgan fingerprint density at radius 3 is 2.87 bits per heavy atom. The third-order valence-corrected chi connectivity index (χ3v) is 5.97. The lowest BCUT2D eigenvalue weighted by molar-refractivity contribution is -0.129. The molecule has 8 heteroatoms. The molecule has 0 aromatic carbocycles. The average Bonchev–Trinajstić information content (AvgIpc) is 2.76. The van der Waals surface area contributed by atoms with Crippen LogP contribution in [0.5, 0.6) is 0 Å². The van der Waals surface area contributed by atoms with Crippen LogP contribution in [-0.2, 0) is 9.53 Å². The minimum absolute atomic E-state index is 0.0574. The minimum Gasteiger partial charge on any atom is -0.370 e. The van der Waals surface area contributed by atoms with Crippen LogP contribution >= 0.6 is 0 Å². The predicted molar refractivity (Wildman–Crippen MR) is 114 cm³/mol. The molecule has 30 heavy (non-hydrogen) atoms. The third kappa shape index (κ3) is 4.37. The topological polar surface area (TPSA) is 94.4 Å². The predicted octanol–water partition coefficient (Wildman–Crippen LogP) is 1.70. The fourth-order valence-electron chi connectivity index (χ4n) is 4.44. The van der Waals surface area contributed by atoms with Crippen LogP contribution < -0.4 is 10.2 Å². The summed E-state index contributed by atoms with van der Waals surface area (Å²) in [5.41, 5.74) is 1.99. The molecule has 2 fully saturated rings. The van der Waals surface area contributed by atoms with Gasteiger partial charge in [0.05, 0.1) is 24.1 Å². The molecular formula is C22H28N6O2. The molecule has 1 N–H and O–H groups in total. The van der Waals surface area contributed by atoms with Gasteiger partial charge in [0.15, 0.2) is 5.69 Å². The van der Waals surface area contributed by atoms with Crippen LogP contribution in [0.15, 0.2) is 24.5 Å². The second-order valence-corrected chi connectivity index (χ2v) is 8.17. The first-order valence-electron chi connectivity index (χ1n) is 10.6. The molecule has 0 saturated carbocycles. The number of nitrogens with zero attached hydrogens (tertiary/aromatic N) is 5. The first-order valence-corrected chi connectivity index (χ1v) is 10.6. The first kappa shape index (κ1) is 20.5. The number of hydrogen-bond donors (Lipinski definition) is 1. The highest BCUT2D eigenvalue weighted by Crippen LogP contribution is 2.28. The standard InChI is InChI=1S/C22H28N6O2/c1-15-13-28(21-12-26-20(10-23)22-19(21)4-3-7-24-22)14-18(30-15)11-25-17-5-8-27(9-6-17)16(2)29/h3-4,7,12,15,17-18,25H,5-6,8-9,11,13-14H2,1-2H3/t15-,18+/m1/s1. The lowest BCUT2D eigenvalue weighted by Crippen LogP contribution is -2.52. The summed E-state index contributed by atoms with van der Waals surface area (Å²) in [6.45, 7) is 7.64. The van der Waals surface area contributed by atoms with E-state index in [4.69, 9.17) is 4.74 Å². The maximum absolute atomic E-state index is 11.5. The van der Waals surface area contributed by atoms with Crippen molar-refractivity contribution in [3.8, 4) is 6.07 Å². The number of aromatic nitrogens is 2. The number of ether oxygens (including phenoxy) is 1. The smallest absolute Gasteiger partial charge is 0.219 e. The Morgan fingerprint density at radius 2 is 2.13 bits per heavy atom. The largest absolute Gasteiger partial charge is 0.370 e. The molecule has 2 aliphatic heterocycles. The van der Waals surface area contributed by atoms with Gasteiger partial charge in [0.2, 0.25) is 5.91 Å². The fourth-order valence-corrected chi connectivity index (χ4v) is 4.44. The van der Waals surface area contributed by atoms with Crippen molar-refractivity contribution in [2.24, 2.45) is 0 Å². The highest BCUT2D eigenvalue weighted by Gasteiger charge is 2.28. The third-order valence-electron chi connectivity index (χ3n) is 5.97. The zero-order valence-corrected chi connectivity index (χ0v) is 17.5. The fraction of sp³-hybridized carbons (Fsp3) is 0.545. The van der Waals surface area contributed by atoms with E-state index in [1.807, 2.05) is 17.0 Å². The van der Waals surface area contributed by atoms with E-state index in [-0.39, 0.29) is 18.1 Å². The van der Waals surface area contributed by atoms with Gasteiger partial charge >= 0.3 is 0 Å². The van der Waals surface area contributed by atoms with Gasteiger partial charge in [-0.25, -0.2) is 4.98 Å². The maximum atomic E-state index is 11.5. The van der Waals surface area contributed by atoms with Crippen molar-refractivity contribution in [2.75, 3.05) is 37.6 Å². The molecule has 2 saturated heterocycles. The van der Waals surface area contributed by atoms with Crippen LogP contribution in [0, 0.1) is 11.3 Å². The monoisotopic (exact) mass is 408 g/mol. The van der Waals surface area contributed by atoms with Crippen molar-refractivity contribution in [1.82, 2.24) is 20.2 Å². The summed E-state index contributed by atoms with van der Waals surface area (Å²) in [5.74, 6) is 0.159. The summed E-state index contributed by atoms with van der Waals surface area (Å²) in [6.07, 6.45) is 5.57. The molecule has 0 unspecified atom stereocenters. The van der Waals surface area contributed by atoms with Crippen LogP contribution in [0.25, 0.3) is 10.9 Å². The lowest BCUT2D eigenvalue weighted by atomic mass is 10.0. The zero-order valence-electron chi connectivity index (χ0n) is 17.5. The molecule has 8 nitrogen and oxygen atoms in total. The second kappa shape index (κ2) is 8.94. The molecular weight excluding hydrogens is 380 g/mol. The highest BCUT2D eigenvalue weighted by molar-refractivity contribution is 5.93. The van der Waals surface area contributed by atoms with Crippen LogP contribution in [0.2, 0.25) is 0 Å². The van der Waals surface area contributed by atoms with E-state index in [9.17, 15) is 10.1 Å². The van der Waals surface area contributed by atoms with Gasteiger partial charge in [-0.1, -0.05) is 0 Å². The molecule has 1 amide bonds. The zero-order chi connectivity index (χ0) is 21.1. The number of morpholine rings is 1. The number of piperidine rings is 1. The number of rotatable bonds is 4. The van der Waals surface area contributed by atoms with Gasteiger partial charge in [0.25, 0.3) is 0 Å². The Balaban J connectivity index is 1.43. The van der Waals surface area contributed by atoms with Crippen LogP contribution in [0.1, 0.15) is 32.4 Å². The Labute approximate surface area is 176 Å². The number of likely N-dealkylation sites (tertiary alicyclic amines) is 1. The van der Waals surface area contributed by atoms with Gasteiger partial charge in [0.1, 0.15) is 11.6 Å². The van der Waals surface area contributed by atoms with E-state index in [1.54, 1.807) is 19.3 Å². The van der Waals surface area contributed by atoms with Gasteiger partial charge in [-0.05, 0) is 31.9 Å². The van der Waals surface area contributed by atoms with Crippen LogP contribution in [0.3, 0.4) is 0 Å². The number of nitrogens with one attached hydrogen (secondary N) is 1. The number of hydrogen-bond acceptors (Lipinski definition) is 7. The summed E-state index contributed by atoms with van der Waals surface area (Å²) in [5, 5.41) is 13.9. The second-order valence-electron chi connectivity index (χ2n) is 8.17. The number of pyridine rings is 2. The van der Waals surface area contributed by atoms with Gasteiger partial charge in [-0.15, -0.1) is 0 Å². The van der Waals surface area contributed by atoms with E-state index in [0.717, 1.165) is 56.6 Å². The summed E-state index contributed by atoms with van der Waals surface area (Å²) < 4.78 is 6.19. The van der Waals surface area contributed by atoms with Crippen molar-refractivity contribution in [3.05, 3.63) is 30.2 Å². The van der Waals surface area contributed by atoms with Crippen molar-refractivity contribution in [2.45, 2.75) is 44.9 Å². The number of carbonyl (C=O) groups excluding carboxylic acids is 1. The van der Waals surface area contributed by atoms with E-state index in [0.29, 0.717) is 17.3 Å². The number of amides is 1. The molecule has 4 heterocycles. The molecule has 2 aromatic heterocycles. The van der Waals surface area contributed by atoms with E-state index in [2.05, 4.69) is 33.2 Å². The Hall–Kier alpha value is -2.76. The number of nitriles is 1. The quantitative estimate of drug-likeness (QED) is 0.823. The molecule has 158 valence electrons. The van der Waals surface area contributed by atoms with Crippen molar-refractivity contribution < 1.29 is 9.53 Å². The summed E-state index contributed by atoms with van der Waals surface area (Å²) >= 11 is 0. The molecule has 0 spiro atoms. The average molecular weight is 409 g/mol. The molecule has 2 aromatic rings. The molecule has 0 aliphatic carbocycles. The molecule has 0 radical (unpaired) electrons. The molecule has 2 atom stereocenters. The number of fused-ring (bicyclic) bond motifs is 1. The van der Waals surface area contributed by atoms with Gasteiger partial charge in [-0.2, -0.15) is 5.26 Å². The van der Waals surface area contributed by atoms with Crippen molar-refractivity contribution in [3.63, 3.8) is 0 Å². The first-order chi connectivity index (χ1) is 14.5. The number of carbonyl (C=O) groups is 1. The van der Waals surface area contributed by atoms with Crippen LogP contribution in [-0.4, -0.2) is 71.7 Å². The SMILES string of the molecule is CC(=O)N1CCC(NC[C@H]2CN(c3cnc(C#N)c4ncccc34)C[C@@H](C)O2)CC1. The summed E-state index contributed by atoms with van der Waals surface area (Å²) in [6, 6.07) is 6.43. The Kier molecular flexibility index (Phi) is 6.11. The van der Waals surface area contributed by atoms with Gasteiger partial charge in [-0.3, -0.25) is 9.78 Å².